The molecular formula is C32H37N3O6S. The average molecular weight is 592 g/mol. The molecule has 6 fully saturated rings. The fourth-order valence-electron chi connectivity index (χ4n) is 8.33. The van der Waals surface area contributed by atoms with Crippen molar-refractivity contribution in [3.05, 3.63) is 34.7 Å². The predicted octanol–water partition coefficient (Wildman–Crippen LogP) is 6.54. The normalized spacial score (nSPS) is 30.1. The summed E-state index contributed by atoms with van der Waals surface area (Å²) >= 11 is 1.57. The van der Waals surface area contributed by atoms with Gasteiger partial charge in [-0.3, -0.25) is 0 Å². The summed E-state index contributed by atoms with van der Waals surface area (Å²) in [6.07, 6.45) is 12.6. The van der Waals surface area contributed by atoms with E-state index in [1.807, 2.05) is 6.07 Å². The third kappa shape index (κ3) is 4.23. The van der Waals surface area contributed by atoms with Gasteiger partial charge in [0.1, 0.15) is 28.6 Å². The van der Waals surface area contributed by atoms with E-state index in [0.29, 0.717) is 22.8 Å². The van der Waals surface area contributed by atoms with Crippen LogP contribution in [0, 0.1) is 5.92 Å². The van der Waals surface area contributed by atoms with Crippen molar-refractivity contribution in [3.63, 3.8) is 0 Å². The highest BCUT2D eigenvalue weighted by atomic mass is 32.1. The minimum absolute atomic E-state index is 0.0240. The first-order valence-electron chi connectivity index (χ1n) is 15.5. The van der Waals surface area contributed by atoms with E-state index in [1.54, 1.807) is 24.5 Å². The van der Waals surface area contributed by atoms with Gasteiger partial charge in [-0.05, 0) is 82.3 Å². The fraction of sp³-hybridized carbons (Fsp3) is 0.625. The van der Waals surface area contributed by atoms with Crippen LogP contribution in [0.15, 0.2) is 16.7 Å². The molecule has 4 bridgehead atoms. The van der Waals surface area contributed by atoms with Crippen molar-refractivity contribution in [2.45, 2.75) is 107 Å². The minimum Gasteiger partial charge on any atom is -0.494 e. The van der Waals surface area contributed by atoms with Gasteiger partial charge >= 0.3 is 11.9 Å². The zero-order valence-electron chi connectivity index (χ0n) is 24.2. The second-order valence-electron chi connectivity index (χ2n) is 13.1. The third-order valence-corrected chi connectivity index (χ3v) is 11.8. The second-order valence-corrected chi connectivity index (χ2v) is 14.1. The highest BCUT2D eigenvalue weighted by Crippen LogP contribution is 2.54. The molecule has 6 aliphatic rings. The Kier molecular flexibility index (Phi) is 6.28. The Morgan fingerprint density at radius 2 is 1.69 bits per heavy atom. The van der Waals surface area contributed by atoms with Crippen molar-refractivity contribution in [1.82, 2.24) is 10.1 Å². The molecule has 0 N–H and O–H groups in total. The number of thiazole rings is 1. The van der Waals surface area contributed by atoms with Crippen molar-refractivity contribution in [2.24, 2.45) is 5.92 Å². The molecule has 222 valence electrons. The predicted molar refractivity (Wildman–Crippen MR) is 157 cm³/mol. The SMILES string of the molecule is COC(=O)c1cc(OC)c2nc(N3[C@@H]4CC[C@H]3C[C@H](OC(=O)c3c(C56CCC(CC5)CC6)noc3C3CC3)C4)sc2c1. The number of benzene rings is 1. The zero-order valence-corrected chi connectivity index (χ0v) is 25.0. The molecule has 42 heavy (non-hydrogen) atoms. The lowest BCUT2D eigenvalue weighted by atomic mass is 9.59. The molecule has 4 aliphatic carbocycles. The van der Waals surface area contributed by atoms with Gasteiger partial charge < -0.3 is 23.6 Å². The van der Waals surface area contributed by atoms with Gasteiger partial charge in [0.25, 0.3) is 0 Å². The van der Waals surface area contributed by atoms with Crippen LogP contribution < -0.4 is 9.64 Å². The Morgan fingerprint density at radius 3 is 2.33 bits per heavy atom. The Balaban J connectivity index is 1.03. The van der Waals surface area contributed by atoms with Crippen LogP contribution in [0.3, 0.4) is 0 Å². The van der Waals surface area contributed by atoms with Gasteiger partial charge in [-0.15, -0.1) is 0 Å². The molecule has 2 aromatic heterocycles. The number of carbonyl (C=O) groups is 2. The quantitative estimate of drug-likeness (QED) is 0.283. The van der Waals surface area contributed by atoms with Gasteiger partial charge in [0.2, 0.25) is 0 Å². The van der Waals surface area contributed by atoms with E-state index in [9.17, 15) is 9.59 Å². The van der Waals surface area contributed by atoms with E-state index in [0.717, 1.165) is 90.5 Å². The number of fused-ring (bicyclic) bond motifs is 6. The van der Waals surface area contributed by atoms with Gasteiger partial charge in [0.05, 0.1) is 24.5 Å². The summed E-state index contributed by atoms with van der Waals surface area (Å²) in [7, 11) is 2.97. The second kappa shape index (κ2) is 9.96. The Labute approximate surface area is 248 Å². The molecule has 9 rings (SSSR count). The maximum atomic E-state index is 13.9. The first-order valence-corrected chi connectivity index (χ1v) is 16.3. The molecule has 4 saturated carbocycles. The van der Waals surface area contributed by atoms with Crippen molar-refractivity contribution in [2.75, 3.05) is 19.1 Å². The maximum absolute atomic E-state index is 13.9. The summed E-state index contributed by atoms with van der Waals surface area (Å²) in [5.41, 5.74) is 2.73. The van der Waals surface area contributed by atoms with Crippen LogP contribution in [0.2, 0.25) is 0 Å². The van der Waals surface area contributed by atoms with Crippen molar-refractivity contribution in [3.8, 4) is 5.75 Å². The third-order valence-electron chi connectivity index (χ3n) is 10.7. The smallest absolute Gasteiger partial charge is 0.344 e. The summed E-state index contributed by atoms with van der Waals surface area (Å²) < 4.78 is 23.7. The number of rotatable bonds is 7. The lowest BCUT2D eigenvalue weighted by Gasteiger charge is -2.45. The van der Waals surface area contributed by atoms with E-state index < -0.39 is 5.97 Å². The highest BCUT2D eigenvalue weighted by molar-refractivity contribution is 7.22. The van der Waals surface area contributed by atoms with Crippen LogP contribution in [0.4, 0.5) is 5.13 Å². The molecule has 0 radical (unpaired) electrons. The van der Waals surface area contributed by atoms with Gasteiger partial charge in [0, 0.05) is 36.3 Å². The summed E-state index contributed by atoms with van der Waals surface area (Å²) in [4.78, 5) is 33.5. The monoisotopic (exact) mass is 591 g/mol. The minimum atomic E-state index is -0.399. The molecule has 3 atom stereocenters. The number of piperidine rings is 1. The van der Waals surface area contributed by atoms with Gasteiger partial charge in [-0.1, -0.05) is 16.5 Å². The van der Waals surface area contributed by atoms with Gasteiger partial charge in [-0.2, -0.15) is 0 Å². The molecule has 1 aromatic carbocycles. The fourth-order valence-corrected chi connectivity index (χ4v) is 9.49. The maximum Gasteiger partial charge on any atom is 0.344 e. The van der Waals surface area contributed by atoms with Crippen LogP contribution in [-0.4, -0.2) is 54.5 Å². The molecule has 2 saturated heterocycles. The van der Waals surface area contributed by atoms with Crippen molar-refractivity contribution >= 4 is 38.6 Å². The number of esters is 2. The molecule has 0 spiro atoms. The largest absolute Gasteiger partial charge is 0.494 e. The number of ether oxygens (including phenoxy) is 3. The molecule has 9 nitrogen and oxygen atoms in total. The molecule has 0 unspecified atom stereocenters. The molecule has 0 amide bonds. The number of hydrogen-bond donors (Lipinski definition) is 0. The average Bonchev–Trinajstić information content (AvgIpc) is 3.50. The van der Waals surface area contributed by atoms with Crippen LogP contribution in [0.25, 0.3) is 10.2 Å². The van der Waals surface area contributed by atoms with E-state index >= 15 is 0 Å². The van der Waals surface area contributed by atoms with Crippen LogP contribution in [0.1, 0.15) is 115 Å². The summed E-state index contributed by atoms with van der Waals surface area (Å²) in [5, 5.41) is 5.53. The molecule has 3 aromatic rings. The summed E-state index contributed by atoms with van der Waals surface area (Å²) in [5.74, 6) is 1.85. The zero-order chi connectivity index (χ0) is 28.6. The molecule has 2 aliphatic heterocycles. The number of aromatic nitrogens is 2. The Bertz CT molecular complexity index is 1520. The van der Waals surface area contributed by atoms with E-state index in [1.165, 1.54) is 26.4 Å². The Morgan fingerprint density at radius 1 is 0.976 bits per heavy atom. The van der Waals surface area contributed by atoms with Crippen molar-refractivity contribution < 1.29 is 28.3 Å². The summed E-state index contributed by atoms with van der Waals surface area (Å²) in [6, 6.07) is 3.99. The lowest BCUT2D eigenvalue weighted by Crippen LogP contribution is -2.46. The topological polar surface area (TPSA) is 104 Å². The number of methoxy groups -OCH3 is 2. The number of nitrogens with zero attached hydrogens (tertiary/aromatic N) is 3. The first-order chi connectivity index (χ1) is 20.5. The Hall–Kier alpha value is -3.14. The van der Waals surface area contributed by atoms with E-state index in [2.05, 4.69) is 10.1 Å². The molecular weight excluding hydrogens is 554 g/mol. The molecule has 4 heterocycles. The number of anilines is 1. The standard InChI is InChI=1S/C32H37N3O6S/c1-38-23-13-19(29(36)39-2)14-24-26(23)33-31(42-24)35-20-5-6-21(35)16-22(15-20)40-30(37)25-27(18-3-4-18)41-34-28(25)32-10-7-17(8-11-32)9-12-32/h13-14,17-18,20-22H,3-12,15-16H2,1-2H3/t17?,20-,21+,22-,32?. The van der Waals surface area contributed by atoms with Crippen LogP contribution in [-0.2, 0) is 14.9 Å². The molecule has 10 heteroatoms. The number of carbonyl (C=O) groups excluding carboxylic acids is 2. The summed E-state index contributed by atoms with van der Waals surface area (Å²) in [6.45, 7) is 0. The highest BCUT2D eigenvalue weighted by Gasteiger charge is 2.49. The van der Waals surface area contributed by atoms with Crippen LogP contribution in [0.5, 0.6) is 5.75 Å². The first kappa shape index (κ1) is 26.5. The lowest BCUT2D eigenvalue weighted by molar-refractivity contribution is 0.0195. The van der Waals surface area contributed by atoms with E-state index in [-0.39, 0.29) is 29.6 Å². The van der Waals surface area contributed by atoms with Crippen LogP contribution >= 0.6 is 11.3 Å². The van der Waals surface area contributed by atoms with E-state index in [4.69, 9.17) is 23.7 Å². The number of hydrogen-bond acceptors (Lipinski definition) is 10. The van der Waals surface area contributed by atoms with Gasteiger partial charge in [-0.25, -0.2) is 14.6 Å². The van der Waals surface area contributed by atoms with Gasteiger partial charge in [0.15, 0.2) is 10.9 Å². The van der Waals surface area contributed by atoms with Crippen molar-refractivity contribution in [1.29, 1.82) is 0 Å².